The SMILES string of the molecule is [2H]c1c([2H])c([2H])c(-c2cccc(-c3c([2H])c([2H])c([2H])c([2H])c3[2H])c2-[n+]2[c-]n(-c3[c-]c(Oc4[c-]c5c(cc4)c4ccccc4n5-c4cc(N5[Si](C)(C)c6ccccc6[Si]5(C)C)ccn4)ccc3)c3ccccc32)c([2H])c1[2H].[Pt]. The Bertz CT molecular complexity index is 4100. The summed E-state index contributed by atoms with van der Waals surface area (Å²) in [6, 6.07) is 44.7. The zero-order valence-electron chi connectivity index (χ0n) is 46.7. The van der Waals surface area contributed by atoms with Crippen molar-refractivity contribution in [2.24, 2.45) is 0 Å². The zero-order chi connectivity index (χ0) is 53.3. The van der Waals surface area contributed by atoms with Crippen LogP contribution in [0.1, 0.15) is 13.7 Å². The van der Waals surface area contributed by atoms with Gasteiger partial charge >= 0.3 is 0 Å². The minimum atomic E-state index is -2.09. The molecule has 0 unspecified atom stereocenters. The maximum atomic E-state index is 9.04. The van der Waals surface area contributed by atoms with Gasteiger partial charge in [0.25, 0.3) is 6.33 Å². The third-order valence-electron chi connectivity index (χ3n) is 12.7. The molecule has 8 aromatic carbocycles. The number of ether oxygens (including phenoxy) is 1. The third kappa shape index (κ3) is 7.01. The number of anilines is 1. The van der Waals surface area contributed by atoms with E-state index in [2.05, 4.69) is 102 Å². The predicted molar refractivity (Wildman–Crippen MR) is 274 cm³/mol. The van der Waals surface area contributed by atoms with E-state index in [-0.39, 0.29) is 49.0 Å². The third-order valence-corrected chi connectivity index (χ3v) is 22.6. The number of fused-ring (bicyclic) bond motifs is 5. The number of hydrogen-bond donors (Lipinski definition) is 0. The van der Waals surface area contributed by atoms with Gasteiger partial charge in [-0.05, 0) is 82.0 Å². The summed E-state index contributed by atoms with van der Waals surface area (Å²) in [7, 11) is -4.18. The summed E-state index contributed by atoms with van der Waals surface area (Å²) >= 11 is 0. The van der Waals surface area contributed by atoms with Gasteiger partial charge in [0, 0.05) is 56.0 Å². The van der Waals surface area contributed by atoms with Gasteiger partial charge in [0.2, 0.25) is 0 Å². The van der Waals surface area contributed by atoms with Crippen LogP contribution < -0.4 is 23.9 Å². The molecule has 0 bridgehead atoms. The first-order valence-corrected chi connectivity index (χ1v) is 27.5. The molecule has 0 saturated heterocycles. The molecule has 6 nitrogen and oxygen atoms in total. The van der Waals surface area contributed by atoms with Crippen LogP contribution in [0.4, 0.5) is 5.69 Å². The average molecular weight is 1090 g/mol. The van der Waals surface area contributed by atoms with E-state index < -0.39 is 76.9 Å². The molecule has 67 heavy (non-hydrogen) atoms. The minimum Gasteiger partial charge on any atom is -0.510 e. The largest absolute Gasteiger partial charge is 0.510 e. The smallest absolute Gasteiger partial charge is 0.268 e. The molecule has 9 heteroatoms. The quantitative estimate of drug-likeness (QED) is 0.0865. The van der Waals surface area contributed by atoms with Crippen molar-refractivity contribution >= 4 is 65.4 Å². The molecule has 0 aliphatic carbocycles. The fraction of sp³-hybridized carbons (Fsp3) is 0.0690. The summed E-state index contributed by atoms with van der Waals surface area (Å²) < 4.78 is 102. The second-order valence-corrected chi connectivity index (χ2v) is 25.9. The van der Waals surface area contributed by atoms with Gasteiger partial charge < -0.3 is 18.1 Å². The number of para-hydroxylation sites is 4. The van der Waals surface area contributed by atoms with E-state index >= 15 is 0 Å². The van der Waals surface area contributed by atoms with Crippen molar-refractivity contribution in [3.05, 3.63) is 219 Å². The molecule has 1 aliphatic rings. The first kappa shape index (κ1) is 32.6. The second kappa shape index (κ2) is 16.7. The van der Waals surface area contributed by atoms with Gasteiger partial charge in [0.15, 0.2) is 16.5 Å². The van der Waals surface area contributed by atoms with Crippen LogP contribution in [0.15, 0.2) is 200 Å². The van der Waals surface area contributed by atoms with Crippen molar-refractivity contribution in [3.8, 4) is 50.9 Å². The van der Waals surface area contributed by atoms with E-state index in [9.17, 15) is 0 Å². The molecular weight excluding hydrogens is 1030 g/mol. The first-order chi connectivity index (χ1) is 36.4. The molecule has 0 N–H and O–H groups in total. The summed E-state index contributed by atoms with van der Waals surface area (Å²) in [4.78, 5) is 5.00. The summed E-state index contributed by atoms with van der Waals surface area (Å²) in [6.45, 7) is 9.74. The Morgan fingerprint density at radius 2 is 1.21 bits per heavy atom. The van der Waals surface area contributed by atoms with Crippen LogP contribution in [-0.2, 0) is 21.1 Å². The van der Waals surface area contributed by atoms with Crippen molar-refractivity contribution < 1.29 is 44.1 Å². The molecule has 4 heterocycles. The van der Waals surface area contributed by atoms with Crippen LogP contribution in [0.2, 0.25) is 26.2 Å². The Balaban J connectivity index is 0.00000631. The summed E-state index contributed by atoms with van der Waals surface area (Å²) in [5, 5.41) is 5.00. The Morgan fingerprint density at radius 1 is 0.597 bits per heavy atom. The molecule has 11 aromatic rings. The first-order valence-electron chi connectivity index (χ1n) is 26.7. The van der Waals surface area contributed by atoms with Gasteiger partial charge in [-0.1, -0.05) is 151 Å². The summed E-state index contributed by atoms with van der Waals surface area (Å²) in [5.74, 6) is 1.56. The Hall–Kier alpha value is -7.10. The number of rotatable bonds is 8. The van der Waals surface area contributed by atoms with Crippen molar-refractivity contribution in [2.75, 3.05) is 4.23 Å². The van der Waals surface area contributed by atoms with E-state index in [0.29, 0.717) is 28.2 Å². The van der Waals surface area contributed by atoms with Gasteiger partial charge in [0.1, 0.15) is 5.82 Å². The molecule has 3 aromatic heterocycles. The van der Waals surface area contributed by atoms with Crippen LogP contribution >= 0.6 is 0 Å². The number of benzene rings is 8. The predicted octanol–water partition coefficient (Wildman–Crippen LogP) is 12.3. The summed E-state index contributed by atoms with van der Waals surface area (Å²) in [6.07, 6.45) is 5.32. The van der Waals surface area contributed by atoms with E-state index in [1.807, 2.05) is 66.9 Å². The number of aromatic nitrogens is 4. The molecule has 0 radical (unpaired) electrons. The van der Waals surface area contributed by atoms with E-state index in [1.54, 1.807) is 33.4 Å². The minimum absolute atomic E-state index is 0. The molecular formula is C58H45N5OPtSi2-2. The van der Waals surface area contributed by atoms with Gasteiger partial charge in [-0.2, -0.15) is 18.2 Å². The van der Waals surface area contributed by atoms with Gasteiger partial charge in [0.05, 0.1) is 30.4 Å². The molecule has 328 valence electrons. The van der Waals surface area contributed by atoms with Crippen LogP contribution in [0.3, 0.4) is 0 Å². The fourth-order valence-corrected chi connectivity index (χ4v) is 22.8. The van der Waals surface area contributed by atoms with Crippen molar-refractivity contribution in [2.45, 2.75) is 26.2 Å². The van der Waals surface area contributed by atoms with Crippen LogP contribution in [0.25, 0.3) is 72.3 Å². The maximum absolute atomic E-state index is 9.04. The molecule has 0 atom stereocenters. The Kier molecular flexibility index (Phi) is 8.09. The molecule has 0 amide bonds. The van der Waals surface area contributed by atoms with Crippen LogP contribution in [0, 0.1) is 18.5 Å². The molecule has 0 fully saturated rings. The van der Waals surface area contributed by atoms with E-state index in [4.69, 9.17) is 23.4 Å². The normalized spacial score (nSPS) is 15.9. The van der Waals surface area contributed by atoms with Crippen molar-refractivity contribution in [1.82, 2.24) is 14.1 Å². The monoisotopic (exact) mass is 1090 g/mol. The molecule has 1 aliphatic heterocycles. The second-order valence-electron chi connectivity index (χ2n) is 17.3. The van der Waals surface area contributed by atoms with Crippen molar-refractivity contribution in [1.29, 1.82) is 0 Å². The number of hydrogen-bond acceptors (Lipinski definition) is 3. The average Bonchev–Trinajstić information content (AvgIpc) is 4.25. The van der Waals surface area contributed by atoms with Crippen LogP contribution in [-0.4, -0.2) is 30.6 Å². The molecule has 0 spiro atoms. The fourth-order valence-electron chi connectivity index (χ4n) is 10.1. The van der Waals surface area contributed by atoms with Crippen LogP contribution in [0.5, 0.6) is 11.5 Å². The van der Waals surface area contributed by atoms with E-state index in [1.165, 1.54) is 10.4 Å². The summed E-state index contributed by atoms with van der Waals surface area (Å²) in [5.41, 5.74) is 4.75. The van der Waals surface area contributed by atoms with Gasteiger partial charge in [-0.15, -0.1) is 29.7 Å². The molecule has 0 saturated carbocycles. The topological polar surface area (TPSA) is 39.1 Å². The van der Waals surface area contributed by atoms with Crippen molar-refractivity contribution in [3.63, 3.8) is 0 Å². The Morgan fingerprint density at radius 3 is 1.91 bits per heavy atom. The zero-order valence-corrected chi connectivity index (χ0v) is 41.0. The number of imidazole rings is 1. The maximum Gasteiger partial charge on any atom is 0.268 e. The van der Waals surface area contributed by atoms with Gasteiger partial charge in [-0.25, -0.2) is 4.98 Å². The molecule has 12 rings (SSSR count). The number of pyridine rings is 1. The standard InChI is InChI=1S/C58H45N5OSi2.Pt/c1-65(2)55-31-15-16-32-56(55)66(3,4)63(65)44-35-36-59-57(38-44)62-51-28-12-11-25-49(51)50-34-33-46(39-54(50)62)64-45-24-17-23-43(37-45)60-40-61(53-30-14-13-29-52(53)60)58-47(41-19-7-5-8-20-41)26-18-27-48(58)42-21-9-6-10-22-42;/h5-36,38H,1-4H3;/q-2;/i5D,6D,7D,8D,9D,10D,19D,20D,21D,22D;. The van der Waals surface area contributed by atoms with Gasteiger partial charge in [-0.3, -0.25) is 4.57 Å². The Labute approximate surface area is 421 Å². The number of nitrogens with zero attached hydrogens (tertiary/aromatic N) is 5. The van der Waals surface area contributed by atoms with E-state index in [0.717, 1.165) is 33.3 Å².